The molecule has 2 aliphatic heterocycles. The van der Waals surface area contributed by atoms with Crippen LogP contribution < -0.4 is 0 Å². The van der Waals surface area contributed by atoms with Gasteiger partial charge >= 0.3 is 11.9 Å². The lowest BCUT2D eigenvalue weighted by molar-refractivity contribution is -0.142. The molecule has 4 rings (SSSR count). The molecule has 0 aliphatic carbocycles. The van der Waals surface area contributed by atoms with Gasteiger partial charge in [-0.25, -0.2) is 14.2 Å². The maximum Gasteiger partial charge on any atom is 0.337 e. The molecule has 0 atom stereocenters. The maximum absolute atomic E-state index is 12.3. The highest BCUT2D eigenvalue weighted by atomic mass is 79.9. The number of piperazine rings is 1. The van der Waals surface area contributed by atoms with Crippen molar-refractivity contribution < 1.29 is 23.5 Å². The van der Waals surface area contributed by atoms with Gasteiger partial charge in [-0.15, -0.1) is 11.3 Å². The molecule has 0 bridgehead atoms. The molecule has 0 unspecified atom stereocenters. The summed E-state index contributed by atoms with van der Waals surface area (Å²) in [5, 5.41) is 2.72. The average Bonchev–Trinajstić information content (AvgIpc) is 3.33. The number of benzene rings is 1. The Labute approximate surface area is 203 Å². The zero-order chi connectivity index (χ0) is 23.8. The topological polar surface area (TPSA) is 84.3 Å². The minimum absolute atomic E-state index is 0.188. The summed E-state index contributed by atoms with van der Waals surface area (Å²) in [5.41, 5.74) is 1.37. The number of esters is 2. The molecule has 1 aromatic carbocycles. The number of thiazole rings is 1. The van der Waals surface area contributed by atoms with E-state index in [1.807, 2.05) is 15.2 Å². The van der Waals surface area contributed by atoms with Crippen LogP contribution >= 0.6 is 27.3 Å². The van der Waals surface area contributed by atoms with E-state index in [0.717, 1.165) is 21.0 Å². The molecule has 2 aromatic rings. The van der Waals surface area contributed by atoms with Crippen LogP contribution in [0.5, 0.6) is 0 Å². The zero-order valence-electron chi connectivity index (χ0n) is 18.3. The van der Waals surface area contributed by atoms with Crippen molar-refractivity contribution in [3.8, 4) is 0 Å². The fourth-order valence-corrected chi connectivity index (χ4v) is 4.36. The van der Waals surface area contributed by atoms with Crippen molar-refractivity contribution in [3.05, 3.63) is 62.4 Å². The summed E-state index contributed by atoms with van der Waals surface area (Å²) in [6.45, 7) is 4.28. The summed E-state index contributed by atoms with van der Waals surface area (Å²) in [4.78, 5) is 36.8. The Kier molecular flexibility index (Phi) is 9.10. The van der Waals surface area contributed by atoms with Crippen molar-refractivity contribution in [3.63, 3.8) is 0 Å². The summed E-state index contributed by atoms with van der Waals surface area (Å²) >= 11 is 4.63. The van der Waals surface area contributed by atoms with Gasteiger partial charge in [0.2, 0.25) is 0 Å². The van der Waals surface area contributed by atoms with E-state index in [1.54, 1.807) is 25.3 Å². The first-order valence-corrected chi connectivity index (χ1v) is 11.9. The molecule has 0 saturated carbocycles. The van der Waals surface area contributed by atoms with Crippen LogP contribution in [0, 0.1) is 5.82 Å². The summed E-state index contributed by atoms with van der Waals surface area (Å²) in [6.07, 6.45) is 1.74. The number of hydrogen-bond acceptors (Lipinski definition) is 9. The number of aliphatic imine (C=N–C) groups is 1. The van der Waals surface area contributed by atoms with Crippen LogP contribution in [0.25, 0.3) is 0 Å². The Morgan fingerprint density at radius 2 is 2.12 bits per heavy atom. The van der Waals surface area contributed by atoms with Crippen molar-refractivity contribution in [2.24, 2.45) is 4.99 Å². The number of carbonyl (C=O) groups is 2. The highest BCUT2D eigenvalue weighted by molar-refractivity contribution is 9.10. The first-order valence-electron chi connectivity index (χ1n) is 10.2. The number of fused-ring (bicyclic) bond motifs is 1. The number of carbonyl (C=O) groups excluding carboxylic acids is 2. The zero-order valence-corrected chi connectivity index (χ0v) is 20.7. The minimum atomic E-state index is -0.357. The average molecular weight is 539 g/mol. The highest BCUT2D eigenvalue weighted by Gasteiger charge is 2.34. The van der Waals surface area contributed by atoms with Crippen LogP contribution in [0.4, 0.5) is 4.39 Å². The lowest BCUT2D eigenvalue weighted by Gasteiger charge is -2.40. The van der Waals surface area contributed by atoms with Crippen molar-refractivity contribution in [1.29, 1.82) is 0 Å². The number of ether oxygens (including phenoxy) is 2. The van der Waals surface area contributed by atoms with Crippen LogP contribution in [0.3, 0.4) is 0 Å². The van der Waals surface area contributed by atoms with Gasteiger partial charge in [-0.05, 0) is 25.1 Å². The highest BCUT2D eigenvalue weighted by Crippen LogP contribution is 2.26. The third kappa shape index (κ3) is 6.68. The molecule has 0 spiro atoms. The van der Waals surface area contributed by atoms with Gasteiger partial charge in [0.15, 0.2) is 10.8 Å². The molecule has 33 heavy (non-hydrogen) atoms. The third-order valence-corrected chi connectivity index (χ3v) is 6.10. The first kappa shape index (κ1) is 25.0. The van der Waals surface area contributed by atoms with E-state index < -0.39 is 0 Å². The molecule has 1 fully saturated rings. The Morgan fingerprint density at radius 3 is 2.73 bits per heavy atom. The number of hydrogen-bond donors (Lipinski definition) is 0. The molecule has 0 N–H and O–H groups in total. The fraction of sp³-hybridized carbons (Fsp3) is 0.364. The molecule has 0 amide bonds. The molecule has 11 heteroatoms. The number of halogens is 2. The van der Waals surface area contributed by atoms with E-state index in [0.29, 0.717) is 31.8 Å². The second-order valence-corrected chi connectivity index (χ2v) is 8.81. The van der Waals surface area contributed by atoms with E-state index in [1.165, 1.54) is 30.6 Å². The molecule has 8 nitrogen and oxygen atoms in total. The molecule has 2 aliphatic rings. The van der Waals surface area contributed by atoms with E-state index in [-0.39, 0.29) is 30.8 Å². The van der Waals surface area contributed by atoms with Crippen LogP contribution in [0.1, 0.15) is 11.9 Å². The molecule has 176 valence electrons. The normalized spacial score (nSPS) is 15.8. The van der Waals surface area contributed by atoms with Gasteiger partial charge < -0.3 is 14.4 Å². The SMILES string of the molecule is CCOC(=O)C1=C2CN(CC(=O)OC)CCN2C(c2nccs2)=NC1.Fc1cccc(Br)c1. The van der Waals surface area contributed by atoms with Crippen molar-refractivity contribution >= 4 is 45.0 Å². The monoisotopic (exact) mass is 538 g/mol. The quantitative estimate of drug-likeness (QED) is 0.540. The third-order valence-electron chi connectivity index (χ3n) is 4.84. The lowest BCUT2D eigenvalue weighted by Crippen LogP contribution is -2.51. The summed E-state index contributed by atoms with van der Waals surface area (Å²) < 4.78 is 22.8. The molecule has 1 saturated heterocycles. The van der Waals surface area contributed by atoms with Gasteiger partial charge in [-0.2, -0.15) is 0 Å². The summed E-state index contributed by atoms with van der Waals surface area (Å²) in [7, 11) is 1.37. The number of rotatable bonds is 5. The number of amidine groups is 1. The van der Waals surface area contributed by atoms with Crippen molar-refractivity contribution in [2.45, 2.75) is 6.92 Å². The standard InChI is InChI=1S/C16H20N4O4S.C6H4BrF/c1-3-24-16(22)11-8-18-14(15-17-4-7-25-15)20-6-5-19(9-12(11)20)10-13(21)23-2;7-5-2-1-3-6(8)4-5/h4,7H,3,5-6,8-10H2,1-2H3;1-4H. The van der Waals surface area contributed by atoms with Crippen molar-refractivity contribution in [2.75, 3.05) is 46.4 Å². The van der Waals surface area contributed by atoms with Gasteiger partial charge in [0.1, 0.15) is 5.82 Å². The minimum Gasteiger partial charge on any atom is -0.468 e. The van der Waals surface area contributed by atoms with E-state index in [2.05, 4.69) is 25.9 Å². The van der Waals surface area contributed by atoms with Crippen LogP contribution in [-0.2, 0) is 19.1 Å². The van der Waals surface area contributed by atoms with Gasteiger partial charge in [0.05, 0.1) is 32.4 Å². The van der Waals surface area contributed by atoms with Gasteiger partial charge in [0.25, 0.3) is 0 Å². The van der Waals surface area contributed by atoms with Gasteiger partial charge in [-0.3, -0.25) is 14.7 Å². The largest absolute Gasteiger partial charge is 0.468 e. The van der Waals surface area contributed by atoms with E-state index in [9.17, 15) is 14.0 Å². The number of methoxy groups -OCH3 is 1. The Morgan fingerprint density at radius 1 is 1.30 bits per heavy atom. The number of aromatic nitrogens is 1. The second kappa shape index (κ2) is 12.0. The van der Waals surface area contributed by atoms with E-state index >= 15 is 0 Å². The fourth-order valence-electron chi connectivity index (χ4n) is 3.33. The first-order chi connectivity index (χ1) is 15.9. The molecular formula is C22H24BrFN4O4S. The summed E-state index contributed by atoms with van der Waals surface area (Å²) in [6, 6.07) is 6.26. The Balaban J connectivity index is 0.000000323. The molecule has 1 aromatic heterocycles. The summed E-state index contributed by atoms with van der Waals surface area (Å²) in [5.74, 6) is -0.0872. The van der Waals surface area contributed by atoms with Crippen LogP contribution in [0.2, 0.25) is 0 Å². The number of nitrogens with zero attached hydrogens (tertiary/aromatic N) is 4. The Bertz CT molecular complexity index is 1030. The molecule has 3 heterocycles. The van der Waals surface area contributed by atoms with E-state index in [4.69, 9.17) is 9.47 Å². The predicted octanol–water partition coefficient (Wildman–Crippen LogP) is 3.10. The van der Waals surface area contributed by atoms with Crippen molar-refractivity contribution in [1.82, 2.24) is 14.8 Å². The van der Waals surface area contributed by atoms with Crippen LogP contribution in [-0.4, -0.2) is 79.0 Å². The Hall–Kier alpha value is -2.63. The lowest BCUT2D eigenvalue weighted by atomic mass is 10.1. The predicted molar refractivity (Wildman–Crippen MR) is 126 cm³/mol. The molecule has 0 radical (unpaired) electrons. The van der Waals surface area contributed by atoms with Crippen LogP contribution in [0.15, 0.2) is 56.6 Å². The maximum atomic E-state index is 12.3. The van der Waals surface area contributed by atoms with Gasteiger partial charge in [0, 0.05) is 41.4 Å². The van der Waals surface area contributed by atoms with Gasteiger partial charge in [-0.1, -0.05) is 22.0 Å². The smallest absolute Gasteiger partial charge is 0.337 e. The second-order valence-electron chi connectivity index (χ2n) is 7.00. The molecular weight excluding hydrogens is 515 g/mol.